The molecule has 0 saturated heterocycles. The van der Waals surface area contributed by atoms with Crippen LogP contribution in [0.5, 0.6) is 0 Å². The van der Waals surface area contributed by atoms with Crippen LogP contribution in [0.1, 0.15) is 11.1 Å². The number of hydrogen-bond acceptors (Lipinski definition) is 2. The average molecular weight is 281 g/mol. The molecular weight excluding hydrogens is 265 g/mol. The van der Waals surface area contributed by atoms with Crippen molar-refractivity contribution in [1.82, 2.24) is 9.78 Å². The summed E-state index contributed by atoms with van der Waals surface area (Å²) in [5.41, 5.74) is 9.66. The molecule has 0 unspecified atom stereocenters. The van der Waals surface area contributed by atoms with Crippen molar-refractivity contribution in [2.24, 2.45) is 0 Å². The van der Waals surface area contributed by atoms with Gasteiger partial charge in [-0.2, -0.15) is 5.10 Å². The van der Waals surface area contributed by atoms with E-state index >= 15 is 0 Å². The van der Waals surface area contributed by atoms with Gasteiger partial charge < -0.3 is 5.73 Å². The van der Waals surface area contributed by atoms with Gasteiger partial charge in [-0.15, -0.1) is 0 Å². The van der Waals surface area contributed by atoms with E-state index < -0.39 is 0 Å². The average Bonchev–Trinajstić information content (AvgIpc) is 2.83. The molecule has 0 bridgehead atoms. The van der Waals surface area contributed by atoms with E-state index in [4.69, 9.17) is 5.73 Å². The number of halogens is 1. The summed E-state index contributed by atoms with van der Waals surface area (Å²) in [4.78, 5) is 0. The monoisotopic (exact) mass is 281 g/mol. The Kier molecular flexibility index (Phi) is 3.44. The molecule has 0 amide bonds. The molecule has 0 aliphatic heterocycles. The largest absolute Gasteiger partial charge is 0.399 e. The lowest BCUT2D eigenvalue weighted by Gasteiger charge is -2.02. The molecular formula is C17H16FN3. The van der Waals surface area contributed by atoms with Crippen LogP contribution in [0.15, 0.2) is 54.7 Å². The highest BCUT2D eigenvalue weighted by molar-refractivity contribution is 5.62. The highest BCUT2D eigenvalue weighted by atomic mass is 19.1. The number of aryl methyl sites for hydroxylation is 1. The molecule has 0 atom stereocenters. The van der Waals surface area contributed by atoms with Gasteiger partial charge >= 0.3 is 0 Å². The number of nitrogens with zero attached hydrogens (tertiary/aromatic N) is 2. The molecule has 0 radical (unpaired) electrons. The van der Waals surface area contributed by atoms with Crippen LogP contribution in [0.4, 0.5) is 10.1 Å². The molecule has 2 N–H and O–H groups in total. The molecule has 0 fully saturated rings. The molecule has 0 aliphatic carbocycles. The Morgan fingerprint density at radius 2 is 1.71 bits per heavy atom. The van der Waals surface area contributed by atoms with E-state index in [1.807, 2.05) is 31.2 Å². The number of nitrogens with two attached hydrogens (primary N) is 1. The number of aromatic nitrogens is 2. The van der Waals surface area contributed by atoms with Gasteiger partial charge in [-0.1, -0.05) is 42.0 Å². The van der Waals surface area contributed by atoms with E-state index in [0.29, 0.717) is 17.9 Å². The highest BCUT2D eigenvalue weighted by Gasteiger charge is 2.11. The van der Waals surface area contributed by atoms with Crippen LogP contribution in [0.2, 0.25) is 0 Å². The quantitative estimate of drug-likeness (QED) is 0.745. The maximum Gasteiger partial charge on any atom is 0.169 e. The zero-order chi connectivity index (χ0) is 14.8. The van der Waals surface area contributed by atoms with E-state index in [-0.39, 0.29) is 5.82 Å². The Bertz CT molecular complexity index is 743. The topological polar surface area (TPSA) is 43.8 Å². The zero-order valence-corrected chi connectivity index (χ0v) is 11.8. The number of hydrogen-bond donors (Lipinski definition) is 1. The van der Waals surface area contributed by atoms with Crippen molar-refractivity contribution in [2.45, 2.75) is 13.5 Å². The standard InChI is InChI=1S/C17H16FN3/c1-12-2-4-13(5-3-12)10-21-11-16(18)17(20-21)14-6-8-15(19)9-7-14/h2-9,11H,10,19H2,1H3. The Labute approximate surface area is 122 Å². The Morgan fingerprint density at radius 1 is 1.05 bits per heavy atom. The third-order valence-electron chi connectivity index (χ3n) is 3.37. The normalized spacial score (nSPS) is 10.8. The van der Waals surface area contributed by atoms with E-state index in [9.17, 15) is 4.39 Å². The van der Waals surface area contributed by atoms with Gasteiger partial charge in [-0.25, -0.2) is 4.39 Å². The van der Waals surface area contributed by atoms with Gasteiger partial charge in [0.05, 0.1) is 12.7 Å². The lowest BCUT2D eigenvalue weighted by molar-refractivity contribution is 0.621. The minimum Gasteiger partial charge on any atom is -0.399 e. The third-order valence-corrected chi connectivity index (χ3v) is 3.37. The summed E-state index contributed by atoms with van der Waals surface area (Å²) >= 11 is 0. The number of rotatable bonds is 3. The molecule has 2 aromatic carbocycles. The van der Waals surface area contributed by atoms with Gasteiger partial charge in [0.25, 0.3) is 0 Å². The maximum absolute atomic E-state index is 14.0. The Balaban J connectivity index is 1.87. The first-order chi connectivity index (χ1) is 10.1. The van der Waals surface area contributed by atoms with Crippen LogP contribution in [-0.2, 0) is 6.54 Å². The summed E-state index contributed by atoms with van der Waals surface area (Å²) in [7, 11) is 0. The first kappa shape index (κ1) is 13.4. The van der Waals surface area contributed by atoms with Gasteiger partial charge in [0.15, 0.2) is 5.82 Å². The molecule has 21 heavy (non-hydrogen) atoms. The predicted octanol–water partition coefficient (Wildman–Crippen LogP) is 3.63. The number of anilines is 1. The molecule has 106 valence electrons. The van der Waals surface area contributed by atoms with Gasteiger partial charge in [0, 0.05) is 11.3 Å². The fraction of sp³-hybridized carbons (Fsp3) is 0.118. The fourth-order valence-corrected chi connectivity index (χ4v) is 2.20. The van der Waals surface area contributed by atoms with E-state index in [0.717, 1.165) is 11.1 Å². The van der Waals surface area contributed by atoms with Crippen molar-refractivity contribution in [1.29, 1.82) is 0 Å². The predicted molar refractivity (Wildman–Crippen MR) is 82.3 cm³/mol. The minimum atomic E-state index is -0.327. The molecule has 4 heteroatoms. The third kappa shape index (κ3) is 2.94. The second-order valence-corrected chi connectivity index (χ2v) is 5.13. The van der Waals surface area contributed by atoms with Gasteiger partial charge in [-0.3, -0.25) is 4.68 Å². The molecule has 3 rings (SSSR count). The van der Waals surface area contributed by atoms with Crippen LogP contribution in [0.25, 0.3) is 11.3 Å². The SMILES string of the molecule is Cc1ccc(Cn2cc(F)c(-c3ccc(N)cc3)n2)cc1. The van der Waals surface area contributed by atoms with Crippen molar-refractivity contribution in [3.05, 3.63) is 71.7 Å². The fourth-order valence-electron chi connectivity index (χ4n) is 2.20. The summed E-state index contributed by atoms with van der Waals surface area (Å²) in [5.74, 6) is -0.327. The van der Waals surface area contributed by atoms with Gasteiger partial charge in [0.2, 0.25) is 0 Å². The van der Waals surface area contributed by atoms with Crippen molar-refractivity contribution in [2.75, 3.05) is 5.73 Å². The summed E-state index contributed by atoms with van der Waals surface area (Å²) < 4.78 is 15.7. The van der Waals surface area contributed by atoms with E-state index in [2.05, 4.69) is 5.10 Å². The Hall–Kier alpha value is -2.62. The lowest BCUT2D eigenvalue weighted by atomic mass is 10.1. The van der Waals surface area contributed by atoms with E-state index in [1.165, 1.54) is 11.8 Å². The summed E-state index contributed by atoms with van der Waals surface area (Å²) in [5, 5.41) is 4.33. The maximum atomic E-state index is 14.0. The minimum absolute atomic E-state index is 0.327. The zero-order valence-electron chi connectivity index (χ0n) is 11.8. The second kappa shape index (κ2) is 5.40. The van der Waals surface area contributed by atoms with Crippen LogP contribution in [0.3, 0.4) is 0 Å². The smallest absolute Gasteiger partial charge is 0.169 e. The second-order valence-electron chi connectivity index (χ2n) is 5.13. The van der Waals surface area contributed by atoms with Crippen molar-refractivity contribution in [3.63, 3.8) is 0 Å². The first-order valence-electron chi connectivity index (χ1n) is 6.76. The molecule has 0 saturated carbocycles. The van der Waals surface area contributed by atoms with Crippen molar-refractivity contribution in [3.8, 4) is 11.3 Å². The lowest BCUT2D eigenvalue weighted by Crippen LogP contribution is -2.00. The van der Waals surface area contributed by atoms with Crippen LogP contribution in [0, 0.1) is 12.7 Å². The van der Waals surface area contributed by atoms with Crippen LogP contribution in [-0.4, -0.2) is 9.78 Å². The molecule has 0 spiro atoms. The summed E-state index contributed by atoms with van der Waals surface area (Å²) in [6.07, 6.45) is 1.42. The summed E-state index contributed by atoms with van der Waals surface area (Å²) in [6, 6.07) is 15.2. The van der Waals surface area contributed by atoms with Crippen molar-refractivity contribution >= 4 is 5.69 Å². The molecule has 3 nitrogen and oxygen atoms in total. The van der Waals surface area contributed by atoms with Gasteiger partial charge in [0.1, 0.15) is 5.69 Å². The molecule has 0 aliphatic rings. The molecule has 3 aromatic rings. The van der Waals surface area contributed by atoms with Crippen LogP contribution >= 0.6 is 0 Å². The first-order valence-corrected chi connectivity index (χ1v) is 6.76. The number of benzene rings is 2. The molecule has 1 heterocycles. The number of nitrogen functional groups attached to an aromatic ring is 1. The highest BCUT2D eigenvalue weighted by Crippen LogP contribution is 2.22. The summed E-state index contributed by atoms with van der Waals surface area (Å²) in [6.45, 7) is 2.59. The van der Waals surface area contributed by atoms with Crippen molar-refractivity contribution < 1.29 is 4.39 Å². The van der Waals surface area contributed by atoms with Gasteiger partial charge in [-0.05, 0) is 24.6 Å². The van der Waals surface area contributed by atoms with E-state index in [1.54, 1.807) is 28.9 Å². The Morgan fingerprint density at radius 3 is 2.38 bits per heavy atom. The molecule has 1 aromatic heterocycles. The van der Waals surface area contributed by atoms with Crippen LogP contribution < -0.4 is 5.73 Å².